The van der Waals surface area contributed by atoms with Crippen LogP contribution in [0, 0.1) is 5.92 Å². The van der Waals surface area contributed by atoms with Crippen molar-refractivity contribution in [3.63, 3.8) is 0 Å². The molecular formula is C10H19NO3. The van der Waals surface area contributed by atoms with Gasteiger partial charge in [-0.1, -0.05) is 0 Å². The third kappa shape index (κ3) is 4.07. The summed E-state index contributed by atoms with van der Waals surface area (Å²) in [6.07, 6.45) is 2.89. The number of hydrogen-bond acceptors (Lipinski definition) is 3. The average Bonchev–Trinajstić information content (AvgIpc) is 2.58. The van der Waals surface area contributed by atoms with Crippen LogP contribution in [0.4, 0.5) is 0 Å². The molecule has 14 heavy (non-hydrogen) atoms. The summed E-state index contributed by atoms with van der Waals surface area (Å²) >= 11 is 0. The second kappa shape index (κ2) is 6.79. The number of methoxy groups -OCH3 is 1. The van der Waals surface area contributed by atoms with Gasteiger partial charge in [0.05, 0.1) is 13.2 Å². The van der Waals surface area contributed by atoms with Crippen molar-refractivity contribution in [1.82, 2.24) is 5.32 Å². The summed E-state index contributed by atoms with van der Waals surface area (Å²) in [6.45, 7) is 2.86. The van der Waals surface area contributed by atoms with E-state index in [1.54, 1.807) is 7.11 Å². The Morgan fingerprint density at radius 3 is 2.93 bits per heavy atom. The first-order valence-electron chi connectivity index (χ1n) is 5.19. The molecule has 0 bridgehead atoms. The van der Waals surface area contributed by atoms with Crippen LogP contribution in [0.1, 0.15) is 19.3 Å². The Morgan fingerprint density at radius 1 is 1.43 bits per heavy atom. The highest BCUT2D eigenvalue weighted by atomic mass is 16.5. The van der Waals surface area contributed by atoms with Crippen molar-refractivity contribution in [2.45, 2.75) is 19.3 Å². The lowest BCUT2D eigenvalue weighted by atomic mass is 10.0. The van der Waals surface area contributed by atoms with Gasteiger partial charge in [-0.3, -0.25) is 4.79 Å². The van der Waals surface area contributed by atoms with E-state index in [1.807, 2.05) is 0 Å². The SMILES string of the molecule is COCCOCCCC1CCNC1=O. The van der Waals surface area contributed by atoms with Crippen molar-refractivity contribution in [3.05, 3.63) is 0 Å². The van der Waals surface area contributed by atoms with Gasteiger partial charge in [0.1, 0.15) is 0 Å². The molecule has 1 saturated heterocycles. The Hall–Kier alpha value is -0.610. The number of rotatable bonds is 7. The van der Waals surface area contributed by atoms with Crippen LogP contribution in [0.3, 0.4) is 0 Å². The van der Waals surface area contributed by atoms with Gasteiger partial charge in [-0.15, -0.1) is 0 Å². The molecule has 0 aliphatic carbocycles. The van der Waals surface area contributed by atoms with Gasteiger partial charge in [0.25, 0.3) is 0 Å². The lowest BCUT2D eigenvalue weighted by molar-refractivity contribution is -0.122. The maximum absolute atomic E-state index is 11.2. The lowest BCUT2D eigenvalue weighted by Gasteiger charge is -2.06. The van der Waals surface area contributed by atoms with Crippen LogP contribution in [-0.4, -0.2) is 39.4 Å². The lowest BCUT2D eigenvalue weighted by Crippen LogP contribution is -2.19. The monoisotopic (exact) mass is 201 g/mol. The fourth-order valence-electron chi connectivity index (χ4n) is 1.60. The van der Waals surface area contributed by atoms with E-state index in [0.717, 1.165) is 32.4 Å². The topological polar surface area (TPSA) is 47.6 Å². The molecule has 0 aromatic carbocycles. The summed E-state index contributed by atoms with van der Waals surface area (Å²) in [6, 6.07) is 0. The molecule has 0 radical (unpaired) electrons. The van der Waals surface area contributed by atoms with Gasteiger partial charge in [0.15, 0.2) is 0 Å². The van der Waals surface area contributed by atoms with Crippen molar-refractivity contribution in [2.75, 3.05) is 33.5 Å². The quantitative estimate of drug-likeness (QED) is 0.612. The fraction of sp³-hybridized carbons (Fsp3) is 0.900. The molecule has 1 aliphatic heterocycles. The second-order valence-corrected chi connectivity index (χ2v) is 3.52. The van der Waals surface area contributed by atoms with Crippen LogP contribution < -0.4 is 5.32 Å². The first-order chi connectivity index (χ1) is 6.84. The summed E-state index contributed by atoms with van der Waals surface area (Å²) in [7, 11) is 1.66. The fourth-order valence-corrected chi connectivity index (χ4v) is 1.60. The molecule has 1 unspecified atom stereocenters. The zero-order chi connectivity index (χ0) is 10.2. The van der Waals surface area contributed by atoms with Gasteiger partial charge in [-0.2, -0.15) is 0 Å². The predicted octanol–water partition coefficient (Wildman–Crippen LogP) is 0.566. The molecule has 0 aromatic rings. The molecule has 1 amide bonds. The largest absolute Gasteiger partial charge is 0.382 e. The molecule has 0 saturated carbocycles. The molecule has 0 aromatic heterocycles. The smallest absolute Gasteiger partial charge is 0.223 e. The molecule has 1 heterocycles. The third-order valence-electron chi connectivity index (χ3n) is 2.44. The maximum atomic E-state index is 11.2. The molecule has 1 aliphatic rings. The molecular weight excluding hydrogens is 182 g/mol. The number of hydrogen-bond donors (Lipinski definition) is 1. The highest BCUT2D eigenvalue weighted by molar-refractivity contribution is 5.80. The van der Waals surface area contributed by atoms with E-state index < -0.39 is 0 Å². The Labute approximate surface area is 85.0 Å². The van der Waals surface area contributed by atoms with Crippen LogP contribution in [-0.2, 0) is 14.3 Å². The minimum Gasteiger partial charge on any atom is -0.382 e. The van der Waals surface area contributed by atoms with Crippen molar-refractivity contribution >= 4 is 5.91 Å². The Bertz CT molecular complexity index is 173. The number of ether oxygens (including phenoxy) is 2. The minimum atomic E-state index is 0.210. The van der Waals surface area contributed by atoms with E-state index in [4.69, 9.17) is 9.47 Å². The van der Waals surface area contributed by atoms with E-state index in [2.05, 4.69) is 5.32 Å². The highest BCUT2D eigenvalue weighted by Crippen LogP contribution is 2.15. The summed E-state index contributed by atoms with van der Waals surface area (Å²) < 4.78 is 10.2. The van der Waals surface area contributed by atoms with Gasteiger partial charge >= 0.3 is 0 Å². The van der Waals surface area contributed by atoms with Gasteiger partial charge in [-0.05, 0) is 19.3 Å². The van der Waals surface area contributed by atoms with Gasteiger partial charge in [0, 0.05) is 26.2 Å². The Kier molecular flexibility index (Phi) is 5.56. The van der Waals surface area contributed by atoms with E-state index in [-0.39, 0.29) is 11.8 Å². The Morgan fingerprint density at radius 2 is 2.29 bits per heavy atom. The second-order valence-electron chi connectivity index (χ2n) is 3.52. The maximum Gasteiger partial charge on any atom is 0.223 e. The molecule has 1 N–H and O–H groups in total. The zero-order valence-electron chi connectivity index (χ0n) is 8.75. The Balaban J connectivity index is 1.90. The number of carbonyl (C=O) groups is 1. The summed E-state index contributed by atoms with van der Waals surface area (Å²) in [5.41, 5.74) is 0. The minimum absolute atomic E-state index is 0.210. The molecule has 4 heteroatoms. The number of amides is 1. The van der Waals surface area contributed by atoms with Crippen molar-refractivity contribution in [3.8, 4) is 0 Å². The zero-order valence-corrected chi connectivity index (χ0v) is 8.75. The standard InChI is InChI=1S/C10H19NO3/c1-13-7-8-14-6-2-3-9-4-5-11-10(9)12/h9H,2-8H2,1H3,(H,11,12). The molecule has 1 rings (SSSR count). The molecule has 1 atom stereocenters. The van der Waals surface area contributed by atoms with Crippen LogP contribution in [0.15, 0.2) is 0 Å². The molecule has 0 spiro atoms. The van der Waals surface area contributed by atoms with Crippen molar-refractivity contribution < 1.29 is 14.3 Å². The van der Waals surface area contributed by atoms with E-state index >= 15 is 0 Å². The van der Waals surface area contributed by atoms with Crippen molar-refractivity contribution in [2.24, 2.45) is 5.92 Å². The normalized spacial score (nSPS) is 21.2. The molecule has 82 valence electrons. The van der Waals surface area contributed by atoms with E-state index in [9.17, 15) is 4.79 Å². The first kappa shape index (κ1) is 11.5. The summed E-state index contributed by atoms with van der Waals surface area (Å²) in [4.78, 5) is 11.2. The highest BCUT2D eigenvalue weighted by Gasteiger charge is 2.22. The average molecular weight is 201 g/mol. The van der Waals surface area contributed by atoms with Crippen molar-refractivity contribution in [1.29, 1.82) is 0 Å². The van der Waals surface area contributed by atoms with Gasteiger partial charge in [0.2, 0.25) is 5.91 Å². The summed E-state index contributed by atoms with van der Waals surface area (Å²) in [5.74, 6) is 0.433. The van der Waals surface area contributed by atoms with Gasteiger partial charge < -0.3 is 14.8 Å². The van der Waals surface area contributed by atoms with Gasteiger partial charge in [-0.25, -0.2) is 0 Å². The molecule has 4 nitrogen and oxygen atoms in total. The van der Waals surface area contributed by atoms with Crippen LogP contribution in [0.5, 0.6) is 0 Å². The molecule has 1 fully saturated rings. The predicted molar refractivity (Wildman–Crippen MR) is 53.0 cm³/mol. The van der Waals surface area contributed by atoms with Crippen LogP contribution >= 0.6 is 0 Å². The third-order valence-corrected chi connectivity index (χ3v) is 2.44. The van der Waals surface area contributed by atoms with E-state index in [1.165, 1.54) is 0 Å². The number of carbonyl (C=O) groups excluding carboxylic acids is 1. The summed E-state index contributed by atoms with van der Waals surface area (Å²) in [5, 5.41) is 2.83. The van der Waals surface area contributed by atoms with E-state index in [0.29, 0.717) is 13.2 Å². The number of nitrogens with one attached hydrogen (secondary N) is 1. The first-order valence-corrected chi connectivity index (χ1v) is 5.19. The van der Waals surface area contributed by atoms with Crippen LogP contribution in [0.2, 0.25) is 0 Å². The van der Waals surface area contributed by atoms with Crippen LogP contribution in [0.25, 0.3) is 0 Å².